The fourth-order valence-electron chi connectivity index (χ4n) is 4.22. The van der Waals surface area contributed by atoms with Crippen molar-refractivity contribution in [2.24, 2.45) is 18.0 Å². The zero-order valence-electron chi connectivity index (χ0n) is 16.8. The first-order chi connectivity index (χ1) is 12.7. The Balaban J connectivity index is 1.62. The lowest BCUT2D eigenvalue weighted by Crippen LogP contribution is -2.48. The highest BCUT2D eigenvalue weighted by molar-refractivity contribution is 5.80. The third-order valence-electron chi connectivity index (χ3n) is 6.27. The van der Waals surface area contributed by atoms with Gasteiger partial charge < -0.3 is 15.2 Å². The molecule has 2 fully saturated rings. The van der Waals surface area contributed by atoms with Crippen molar-refractivity contribution in [3.05, 3.63) is 11.6 Å². The lowest BCUT2D eigenvalue weighted by molar-refractivity contribution is 0.302. The molecule has 0 radical (unpaired) electrons. The zero-order valence-corrected chi connectivity index (χ0v) is 16.8. The minimum atomic E-state index is 0.550. The molecular formula is C20H36N6. The van der Waals surface area contributed by atoms with E-state index in [1.165, 1.54) is 64.2 Å². The predicted octanol–water partition coefficient (Wildman–Crippen LogP) is 3.46. The summed E-state index contributed by atoms with van der Waals surface area (Å²) in [7, 11) is 2.01. The second kappa shape index (κ2) is 9.38. The third kappa shape index (κ3) is 5.21. The standard InChI is InChI=1S/C20H36N6/c1-4-16-10-12-18(13-11-16)23-20(22-17-8-6-5-7-9-17)21-14-19-25-24-15(2)26(19)3/h16-18H,4-14H2,1-3H3,(H2,21,22,23). The van der Waals surface area contributed by atoms with Crippen LogP contribution in [0.3, 0.4) is 0 Å². The highest BCUT2D eigenvalue weighted by atomic mass is 15.3. The van der Waals surface area contributed by atoms with Gasteiger partial charge in [0.25, 0.3) is 0 Å². The number of nitrogens with one attached hydrogen (secondary N) is 2. The van der Waals surface area contributed by atoms with Gasteiger partial charge in [0.05, 0.1) is 0 Å². The van der Waals surface area contributed by atoms with Crippen molar-refractivity contribution in [1.82, 2.24) is 25.4 Å². The molecule has 2 aliphatic rings. The van der Waals surface area contributed by atoms with Gasteiger partial charge in [-0.15, -0.1) is 10.2 Å². The Morgan fingerprint density at radius 3 is 2.23 bits per heavy atom. The van der Waals surface area contributed by atoms with Crippen LogP contribution in [0.25, 0.3) is 0 Å². The molecule has 6 heteroatoms. The zero-order chi connectivity index (χ0) is 18.4. The first-order valence-corrected chi connectivity index (χ1v) is 10.6. The van der Waals surface area contributed by atoms with Gasteiger partial charge in [0.1, 0.15) is 12.4 Å². The Morgan fingerprint density at radius 2 is 1.65 bits per heavy atom. The summed E-state index contributed by atoms with van der Waals surface area (Å²) in [4.78, 5) is 4.87. The molecule has 0 bridgehead atoms. The molecule has 2 N–H and O–H groups in total. The summed E-state index contributed by atoms with van der Waals surface area (Å²) in [6.45, 7) is 4.87. The molecule has 3 rings (SSSR count). The van der Waals surface area contributed by atoms with E-state index in [1.807, 2.05) is 18.5 Å². The number of hydrogen-bond donors (Lipinski definition) is 2. The van der Waals surface area contributed by atoms with E-state index in [9.17, 15) is 0 Å². The summed E-state index contributed by atoms with van der Waals surface area (Å²) >= 11 is 0. The van der Waals surface area contributed by atoms with E-state index in [2.05, 4.69) is 27.8 Å². The van der Waals surface area contributed by atoms with E-state index < -0.39 is 0 Å². The summed E-state index contributed by atoms with van der Waals surface area (Å²) in [6.07, 6.45) is 13.1. The first kappa shape index (κ1) is 19.2. The summed E-state index contributed by atoms with van der Waals surface area (Å²) < 4.78 is 2.02. The van der Waals surface area contributed by atoms with E-state index in [1.54, 1.807) is 0 Å². The number of aliphatic imine (C=N–C) groups is 1. The molecular weight excluding hydrogens is 324 g/mol. The third-order valence-corrected chi connectivity index (χ3v) is 6.27. The number of aryl methyl sites for hydroxylation is 1. The van der Waals surface area contributed by atoms with Crippen molar-refractivity contribution in [2.45, 2.75) is 96.7 Å². The van der Waals surface area contributed by atoms with Crippen molar-refractivity contribution in [2.75, 3.05) is 0 Å². The Morgan fingerprint density at radius 1 is 1.00 bits per heavy atom. The highest BCUT2D eigenvalue weighted by Gasteiger charge is 2.22. The number of guanidine groups is 1. The van der Waals surface area contributed by atoms with E-state index in [0.29, 0.717) is 18.6 Å². The van der Waals surface area contributed by atoms with E-state index in [4.69, 9.17) is 4.99 Å². The molecule has 0 atom stereocenters. The maximum atomic E-state index is 4.87. The van der Waals surface area contributed by atoms with Crippen LogP contribution in [0, 0.1) is 12.8 Å². The molecule has 6 nitrogen and oxygen atoms in total. The minimum absolute atomic E-state index is 0.550. The van der Waals surface area contributed by atoms with E-state index in [0.717, 1.165) is 23.5 Å². The molecule has 2 aliphatic carbocycles. The van der Waals surface area contributed by atoms with Crippen LogP contribution >= 0.6 is 0 Å². The molecule has 1 heterocycles. The largest absolute Gasteiger partial charge is 0.354 e. The van der Waals surface area contributed by atoms with Crippen LogP contribution in [-0.4, -0.2) is 32.8 Å². The van der Waals surface area contributed by atoms with Gasteiger partial charge in [-0.1, -0.05) is 32.6 Å². The van der Waals surface area contributed by atoms with Crippen molar-refractivity contribution in [1.29, 1.82) is 0 Å². The molecule has 1 aromatic heterocycles. The maximum absolute atomic E-state index is 4.87. The van der Waals surface area contributed by atoms with E-state index >= 15 is 0 Å². The smallest absolute Gasteiger partial charge is 0.192 e. The van der Waals surface area contributed by atoms with Crippen LogP contribution in [0.4, 0.5) is 0 Å². The van der Waals surface area contributed by atoms with Crippen LogP contribution in [0.2, 0.25) is 0 Å². The summed E-state index contributed by atoms with van der Waals surface area (Å²) in [5.74, 6) is 3.74. The predicted molar refractivity (Wildman–Crippen MR) is 106 cm³/mol. The van der Waals surface area contributed by atoms with Gasteiger partial charge >= 0.3 is 0 Å². The van der Waals surface area contributed by atoms with E-state index in [-0.39, 0.29) is 0 Å². The molecule has 1 aromatic rings. The second-order valence-electron chi connectivity index (χ2n) is 8.14. The average Bonchev–Trinajstić information content (AvgIpc) is 2.99. The number of rotatable bonds is 5. The lowest BCUT2D eigenvalue weighted by atomic mass is 9.84. The minimum Gasteiger partial charge on any atom is -0.354 e. The average molecular weight is 361 g/mol. The fourth-order valence-corrected chi connectivity index (χ4v) is 4.22. The molecule has 0 unspecified atom stereocenters. The van der Waals surface area contributed by atoms with Crippen LogP contribution in [0.1, 0.15) is 82.8 Å². The quantitative estimate of drug-likeness (QED) is 0.623. The fraction of sp³-hybridized carbons (Fsp3) is 0.850. The van der Waals surface area contributed by atoms with Gasteiger partial charge in [-0.3, -0.25) is 0 Å². The van der Waals surface area contributed by atoms with Crippen LogP contribution in [0.5, 0.6) is 0 Å². The Hall–Kier alpha value is -1.59. The van der Waals surface area contributed by atoms with Crippen molar-refractivity contribution in [3.8, 4) is 0 Å². The van der Waals surface area contributed by atoms with Gasteiger partial charge in [-0.25, -0.2) is 4.99 Å². The summed E-state index contributed by atoms with van der Waals surface area (Å²) in [5, 5.41) is 15.8. The Bertz CT molecular complexity index is 579. The topological polar surface area (TPSA) is 67.1 Å². The van der Waals surface area contributed by atoms with Gasteiger partial charge in [-0.05, 0) is 51.4 Å². The SMILES string of the molecule is CCC1CCC(NC(=NCc2nnc(C)n2C)NC2CCCCC2)CC1. The van der Waals surface area contributed by atoms with Gasteiger partial charge in [0, 0.05) is 19.1 Å². The van der Waals surface area contributed by atoms with Crippen LogP contribution in [-0.2, 0) is 13.6 Å². The monoisotopic (exact) mass is 360 g/mol. The second-order valence-corrected chi connectivity index (χ2v) is 8.14. The maximum Gasteiger partial charge on any atom is 0.192 e. The molecule has 0 saturated heterocycles. The van der Waals surface area contributed by atoms with Crippen LogP contribution in [0.15, 0.2) is 4.99 Å². The van der Waals surface area contributed by atoms with Crippen molar-refractivity contribution in [3.63, 3.8) is 0 Å². The molecule has 0 amide bonds. The summed E-state index contributed by atoms with van der Waals surface area (Å²) in [5.41, 5.74) is 0. The molecule has 26 heavy (non-hydrogen) atoms. The van der Waals surface area contributed by atoms with Gasteiger partial charge in [0.2, 0.25) is 0 Å². The van der Waals surface area contributed by atoms with Crippen LogP contribution < -0.4 is 10.6 Å². The van der Waals surface area contributed by atoms with Crippen molar-refractivity contribution >= 4 is 5.96 Å². The number of aromatic nitrogens is 3. The van der Waals surface area contributed by atoms with Gasteiger partial charge in [0.15, 0.2) is 11.8 Å². The Labute approximate surface area is 158 Å². The molecule has 146 valence electrons. The molecule has 0 aromatic carbocycles. The van der Waals surface area contributed by atoms with Gasteiger partial charge in [-0.2, -0.15) is 0 Å². The van der Waals surface area contributed by atoms with Crippen molar-refractivity contribution < 1.29 is 0 Å². The summed E-state index contributed by atoms with van der Waals surface area (Å²) in [6, 6.07) is 1.11. The number of nitrogens with zero attached hydrogens (tertiary/aromatic N) is 4. The molecule has 0 spiro atoms. The normalized spacial score (nSPS) is 25.3. The lowest BCUT2D eigenvalue weighted by Gasteiger charge is -2.31. The Kier molecular flexibility index (Phi) is 6.92. The first-order valence-electron chi connectivity index (χ1n) is 10.6. The molecule has 0 aliphatic heterocycles. The number of hydrogen-bond acceptors (Lipinski definition) is 3. The molecule has 2 saturated carbocycles. The highest BCUT2D eigenvalue weighted by Crippen LogP contribution is 2.26.